The minimum atomic E-state index is -0.351. The molecular formula is C30H39IN4O3. The Morgan fingerprint density at radius 3 is 2.53 bits per heavy atom. The second-order valence-electron chi connectivity index (χ2n) is 8.22. The van der Waals surface area contributed by atoms with E-state index in [1.165, 1.54) is 12.7 Å². The van der Waals surface area contributed by atoms with Gasteiger partial charge in [0.25, 0.3) is 0 Å². The number of carbonyl (C=O) groups excluding carboxylic acids is 1. The van der Waals surface area contributed by atoms with Crippen LogP contribution in [0.2, 0.25) is 0 Å². The maximum absolute atomic E-state index is 12.6. The number of rotatable bonds is 14. The van der Waals surface area contributed by atoms with Gasteiger partial charge in [-0.2, -0.15) is 0 Å². The van der Waals surface area contributed by atoms with Gasteiger partial charge in [0.1, 0.15) is 11.6 Å². The first-order chi connectivity index (χ1) is 18.2. The number of nitrogens with zero attached hydrogens (tertiary/aromatic N) is 2. The molecule has 38 heavy (non-hydrogen) atoms. The molecular weight excluding hydrogens is 591 g/mol. The number of amidine groups is 1. The highest BCUT2D eigenvalue weighted by Gasteiger charge is 2.14. The van der Waals surface area contributed by atoms with Crippen LogP contribution in [0.4, 0.5) is 4.79 Å². The predicted octanol–water partition coefficient (Wildman–Crippen LogP) is 6.92. The van der Waals surface area contributed by atoms with E-state index >= 15 is 0 Å². The van der Waals surface area contributed by atoms with Gasteiger partial charge in [-0.1, -0.05) is 61.7 Å². The molecule has 0 aliphatic carbocycles. The smallest absolute Gasteiger partial charge is 0.320 e. The van der Waals surface area contributed by atoms with E-state index < -0.39 is 0 Å². The molecule has 0 saturated carbocycles. The number of aliphatic imine (C=N–C) groups is 2. The quantitative estimate of drug-likeness (QED) is 0.0902. The molecule has 0 aliphatic heterocycles. The monoisotopic (exact) mass is 630 g/mol. The maximum atomic E-state index is 12.6. The molecule has 0 aromatic heterocycles. The van der Waals surface area contributed by atoms with Crippen LogP contribution in [0, 0.1) is 0 Å². The van der Waals surface area contributed by atoms with Crippen molar-refractivity contribution >= 4 is 40.2 Å². The van der Waals surface area contributed by atoms with Crippen molar-refractivity contribution in [2.75, 3.05) is 7.11 Å². The van der Waals surface area contributed by atoms with E-state index in [1.807, 2.05) is 54.7 Å². The average Bonchev–Trinajstić information content (AvgIpc) is 2.91. The number of carbonyl (C=O) groups is 1. The summed E-state index contributed by atoms with van der Waals surface area (Å²) >= 11 is 2.03. The Morgan fingerprint density at radius 1 is 1.24 bits per heavy atom. The first kappa shape index (κ1) is 32.8. The number of benzene rings is 1. The summed E-state index contributed by atoms with van der Waals surface area (Å²) in [5, 5.41) is 15.4. The molecule has 1 atom stereocenters. The van der Waals surface area contributed by atoms with Gasteiger partial charge in [-0.05, 0) is 80.8 Å². The molecule has 2 amide bonds. The summed E-state index contributed by atoms with van der Waals surface area (Å²) in [6.45, 7) is 17.1. The SMILES string of the molecule is C=C/C=C\C(=C/C)CCC[C@@H](C)NC(=O)N/C(=C/C)N=C(N=C(C=C)c1cccc(CO)c1OC)C(=C)I. The van der Waals surface area contributed by atoms with E-state index in [0.29, 0.717) is 37.8 Å². The Balaban J connectivity index is 3.00. The molecule has 8 heteroatoms. The first-order valence-corrected chi connectivity index (χ1v) is 13.4. The number of nitrogens with one attached hydrogen (secondary N) is 2. The van der Waals surface area contributed by atoms with Crippen molar-refractivity contribution in [1.29, 1.82) is 0 Å². The number of halogens is 1. The molecule has 7 nitrogen and oxygen atoms in total. The van der Waals surface area contributed by atoms with E-state index in [4.69, 9.17) is 4.74 Å². The number of aliphatic hydroxyl groups is 1. The van der Waals surface area contributed by atoms with Gasteiger partial charge in [0, 0.05) is 17.2 Å². The highest BCUT2D eigenvalue weighted by atomic mass is 127. The van der Waals surface area contributed by atoms with Crippen LogP contribution in [0.1, 0.15) is 51.2 Å². The lowest BCUT2D eigenvalue weighted by molar-refractivity contribution is 0.239. The summed E-state index contributed by atoms with van der Waals surface area (Å²) in [5.41, 5.74) is 3.01. The number of methoxy groups -OCH3 is 1. The number of ether oxygens (including phenoxy) is 1. The Kier molecular flexibility index (Phi) is 15.6. The lowest BCUT2D eigenvalue weighted by atomic mass is 10.0. The average molecular weight is 631 g/mol. The van der Waals surface area contributed by atoms with Gasteiger partial charge in [-0.25, -0.2) is 14.8 Å². The van der Waals surface area contributed by atoms with Crippen molar-refractivity contribution in [3.05, 3.63) is 100 Å². The summed E-state index contributed by atoms with van der Waals surface area (Å²) in [7, 11) is 1.53. The summed E-state index contributed by atoms with van der Waals surface area (Å²) in [6.07, 6.45) is 13.8. The first-order valence-electron chi connectivity index (χ1n) is 12.3. The highest BCUT2D eigenvalue weighted by molar-refractivity contribution is 14.1. The predicted molar refractivity (Wildman–Crippen MR) is 168 cm³/mol. The molecule has 0 unspecified atom stereocenters. The van der Waals surface area contributed by atoms with Gasteiger partial charge in [-0.15, -0.1) is 0 Å². The molecule has 1 rings (SSSR count). The van der Waals surface area contributed by atoms with Crippen LogP contribution < -0.4 is 15.4 Å². The third-order valence-electron chi connectivity index (χ3n) is 5.45. The number of aliphatic hydroxyl groups excluding tert-OH is 1. The molecule has 0 radical (unpaired) electrons. The van der Waals surface area contributed by atoms with E-state index in [0.717, 1.165) is 19.3 Å². The standard InChI is InChI=1S/C30H39IN4O3/c1-8-12-16-23(9-2)17-13-15-21(5)32-30(37)35-27(11-4)34-29(22(6)31)33-26(10-3)25-19-14-18-24(20-36)28(25)38-7/h8-12,14,16,18-19,21,36H,1,3,6,13,15,17,20H2,2,4-5,7H3,(H2,32,35,37)/b16-12-,23-9+,27-11+,33-26?,34-29?/t21-/m1/s1. The van der Waals surface area contributed by atoms with Crippen molar-refractivity contribution < 1.29 is 14.6 Å². The molecule has 204 valence electrons. The number of urea groups is 1. The van der Waals surface area contributed by atoms with Crippen molar-refractivity contribution in [1.82, 2.24) is 10.6 Å². The molecule has 1 aromatic carbocycles. The van der Waals surface area contributed by atoms with E-state index in [2.05, 4.69) is 46.4 Å². The molecule has 0 bridgehead atoms. The van der Waals surface area contributed by atoms with Crippen LogP contribution in [0.15, 0.2) is 99.4 Å². The zero-order chi connectivity index (χ0) is 28.5. The van der Waals surface area contributed by atoms with Crippen molar-refractivity contribution in [2.45, 2.75) is 52.7 Å². The molecule has 1 aromatic rings. The number of hydrogen-bond donors (Lipinski definition) is 3. The highest BCUT2D eigenvalue weighted by Crippen LogP contribution is 2.25. The number of amides is 2. The van der Waals surface area contributed by atoms with Gasteiger partial charge in [-0.3, -0.25) is 5.32 Å². The van der Waals surface area contributed by atoms with Crippen LogP contribution in [0.3, 0.4) is 0 Å². The second-order valence-corrected chi connectivity index (χ2v) is 9.52. The second kappa shape index (κ2) is 18.1. The maximum Gasteiger partial charge on any atom is 0.320 e. The molecule has 0 aliphatic rings. The zero-order valence-corrected chi connectivity index (χ0v) is 24.9. The summed E-state index contributed by atoms with van der Waals surface area (Å²) in [4.78, 5) is 21.8. The fraction of sp³-hybridized carbons (Fsp3) is 0.300. The largest absolute Gasteiger partial charge is 0.496 e. The lowest BCUT2D eigenvalue weighted by Crippen LogP contribution is -2.40. The molecule has 0 heterocycles. The van der Waals surface area contributed by atoms with Gasteiger partial charge in [0.15, 0.2) is 5.84 Å². The van der Waals surface area contributed by atoms with Gasteiger partial charge >= 0.3 is 6.03 Å². The molecule has 3 N–H and O–H groups in total. The van der Waals surface area contributed by atoms with Crippen molar-refractivity contribution in [2.24, 2.45) is 9.98 Å². The third kappa shape index (κ3) is 11.0. The number of allylic oxidation sites excluding steroid dienone is 7. The normalized spacial score (nSPS) is 13.7. The van der Waals surface area contributed by atoms with E-state index in [9.17, 15) is 9.90 Å². The van der Waals surface area contributed by atoms with Crippen molar-refractivity contribution in [3.63, 3.8) is 0 Å². The summed E-state index contributed by atoms with van der Waals surface area (Å²) < 4.78 is 6.08. The topological polar surface area (TPSA) is 95.3 Å². The van der Waals surface area contributed by atoms with Crippen LogP contribution in [-0.2, 0) is 6.61 Å². The summed E-state index contributed by atoms with van der Waals surface area (Å²) in [5.74, 6) is 1.14. The minimum absolute atomic E-state index is 0.0192. The van der Waals surface area contributed by atoms with E-state index in [-0.39, 0.29) is 18.7 Å². The van der Waals surface area contributed by atoms with Crippen LogP contribution in [0.5, 0.6) is 5.75 Å². The van der Waals surface area contributed by atoms with Crippen LogP contribution in [-0.4, -0.2) is 35.8 Å². The Labute approximate surface area is 240 Å². The lowest BCUT2D eigenvalue weighted by Gasteiger charge is -2.15. The minimum Gasteiger partial charge on any atom is -0.496 e. The van der Waals surface area contributed by atoms with Crippen LogP contribution >= 0.6 is 22.6 Å². The number of hydrogen-bond acceptors (Lipinski definition) is 4. The van der Waals surface area contributed by atoms with Crippen molar-refractivity contribution in [3.8, 4) is 5.75 Å². The molecule has 0 fully saturated rings. The van der Waals surface area contributed by atoms with Gasteiger partial charge in [0.05, 0.1) is 23.0 Å². The Hall–Kier alpha value is -3.24. The van der Waals surface area contributed by atoms with Crippen LogP contribution in [0.25, 0.3) is 0 Å². The third-order valence-corrected chi connectivity index (χ3v) is 5.93. The fourth-order valence-electron chi connectivity index (χ4n) is 3.48. The molecule has 0 saturated heterocycles. The number of para-hydroxylation sites is 1. The Morgan fingerprint density at radius 2 is 1.97 bits per heavy atom. The van der Waals surface area contributed by atoms with Gasteiger partial charge < -0.3 is 15.2 Å². The zero-order valence-electron chi connectivity index (χ0n) is 22.8. The molecule has 0 spiro atoms. The summed E-state index contributed by atoms with van der Waals surface area (Å²) in [6, 6.07) is 5.03. The van der Waals surface area contributed by atoms with Gasteiger partial charge in [0.2, 0.25) is 0 Å². The Bertz CT molecular complexity index is 1150. The fourth-order valence-corrected chi connectivity index (χ4v) is 3.72. The van der Waals surface area contributed by atoms with E-state index in [1.54, 1.807) is 37.3 Å².